The molecule has 2 rings (SSSR count). The number of benzene rings is 1. The van der Waals surface area contributed by atoms with Crippen LogP contribution in [0.25, 0.3) is 6.08 Å². The van der Waals surface area contributed by atoms with Gasteiger partial charge in [0.2, 0.25) is 0 Å². The molecule has 0 bridgehead atoms. The van der Waals surface area contributed by atoms with Crippen LogP contribution in [0.15, 0.2) is 36.5 Å². The SMILES string of the molecule is CCc1c[nH]c(/C=C\C(=N)SCc2ccc(OC)cc2)n1. The Balaban J connectivity index is 1.83. The first-order valence-corrected chi connectivity index (χ1v) is 7.76. The highest BCUT2D eigenvalue weighted by Gasteiger charge is 1.99. The molecule has 1 heterocycles. The molecule has 0 atom stereocenters. The summed E-state index contributed by atoms with van der Waals surface area (Å²) in [6.07, 6.45) is 6.41. The molecule has 1 aromatic heterocycles. The number of H-pyrrole nitrogens is 1. The zero-order chi connectivity index (χ0) is 15.1. The van der Waals surface area contributed by atoms with Gasteiger partial charge in [0.15, 0.2) is 0 Å². The van der Waals surface area contributed by atoms with Crippen LogP contribution in [0.2, 0.25) is 0 Å². The average Bonchev–Trinajstić information content (AvgIpc) is 2.99. The standard InChI is InChI=1S/C16H19N3OS/c1-3-13-10-18-16(19-13)9-8-15(17)21-11-12-4-6-14(20-2)7-5-12/h4-10,17H,3,11H2,1-2H3,(H,18,19)/b9-8-,17-15?. The Morgan fingerprint density at radius 2 is 2.14 bits per heavy atom. The number of rotatable bonds is 6. The van der Waals surface area contributed by atoms with Crippen LogP contribution in [-0.4, -0.2) is 22.1 Å². The fourth-order valence-electron chi connectivity index (χ4n) is 1.73. The summed E-state index contributed by atoms with van der Waals surface area (Å²) in [6.45, 7) is 2.07. The number of aryl methyl sites for hydroxylation is 1. The molecule has 0 fully saturated rings. The van der Waals surface area contributed by atoms with E-state index >= 15 is 0 Å². The van der Waals surface area contributed by atoms with Crippen LogP contribution in [0, 0.1) is 5.41 Å². The topological polar surface area (TPSA) is 61.8 Å². The van der Waals surface area contributed by atoms with Gasteiger partial charge in [-0.3, -0.25) is 5.41 Å². The van der Waals surface area contributed by atoms with Gasteiger partial charge in [-0.15, -0.1) is 11.8 Å². The van der Waals surface area contributed by atoms with Gasteiger partial charge in [0.1, 0.15) is 11.6 Å². The van der Waals surface area contributed by atoms with Gasteiger partial charge in [0.05, 0.1) is 17.8 Å². The van der Waals surface area contributed by atoms with Crippen molar-refractivity contribution in [2.24, 2.45) is 0 Å². The normalized spacial score (nSPS) is 11.0. The molecule has 0 aliphatic carbocycles. The molecule has 2 aromatic rings. The van der Waals surface area contributed by atoms with E-state index < -0.39 is 0 Å². The van der Waals surface area contributed by atoms with Crippen molar-refractivity contribution in [1.82, 2.24) is 9.97 Å². The number of hydrogen-bond donors (Lipinski definition) is 2. The van der Waals surface area contributed by atoms with Crippen molar-refractivity contribution in [1.29, 1.82) is 5.41 Å². The van der Waals surface area contributed by atoms with Gasteiger partial charge in [0, 0.05) is 11.9 Å². The second kappa shape index (κ2) is 7.69. The maximum absolute atomic E-state index is 7.93. The summed E-state index contributed by atoms with van der Waals surface area (Å²) >= 11 is 1.49. The Labute approximate surface area is 129 Å². The molecule has 1 aromatic carbocycles. The molecule has 0 aliphatic heterocycles. The lowest BCUT2D eigenvalue weighted by molar-refractivity contribution is 0.414. The number of imidazole rings is 1. The minimum atomic E-state index is 0.514. The van der Waals surface area contributed by atoms with Gasteiger partial charge in [-0.05, 0) is 36.3 Å². The summed E-state index contributed by atoms with van der Waals surface area (Å²) in [5.74, 6) is 2.41. The lowest BCUT2D eigenvalue weighted by atomic mass is 10.2. The summed E-state index contributed by atoms with van der Waals surface area (Å²) in [6, 6.07) is 7.90. The maximum atomic E-state index is 7.93. The summed E-state index contributed by atoms with van der Waals surface area (Å²) in [5.41, 5.74) is 2.21. The van der Waals surface area contributed by atoms with Crippen LogP contribution in [0.5, 0.6) is 5.75 Å². The van der Waals surface area contributed by atoms with Gasteiger partial charge in [0.25, 0.3) is 0 Å². The highest BCUT2D eigenvalue weighted by Crippen LogP contribution is 2.17. The first-order valence-electron chi connectivity index (χ1n) is 6.78. The first kappa shape index (κ1) is 15.4. The number of methoxy groups -OCH3 is 1. The minimum absolute atomic E-state index is 0.514. The van der Waals surface area contributed by atoms with E-state index in [1.165, 1.54) is 17.3 Å². The number of nitrogens with one attached hydrogen (secondary N) is 2. The Morgan fingerprint density at radius 1 is 1.38 bits per heavy atom. The lowest BCUT2D eigenvalue weighted by Crippen LogP contribution is -1.88. The van der Waals surface area contributed by atoms with Crippen molar-refractivity contribution in [2.45, 2.75) is 19.1 Å². The number of hydrogen-bond acceptors (Lipinski definition) is 4. The van der Waals surface area contributed by atoms with Crippen molar-refractivity contribution in [3.8, 4) is 5.75 Å². The predicted molar refractivity (Wildman–Crippen MR) is 89.0 cm³/mol. The molecule has 0 radical (unpaired) electrons. The summed E-state index contributed by atoms with van der Waals surface area (Å²) in [5, 5.41) is 8.44. The Hall–Kier alpha value is -2.01. The molecule has 110 valence electrons. The number of nitrogens with zero attached hydrogens (tertiary/aromatic N) is 1. The quantitative estimate of drug-likeness (QED) is 0.628. The van der Waals surface area contributed by atoms with Crippen molar-refractivity contribution >= 4 is 22.9 Å². The fraction of sp³-hybridized carbons (Fsp3) is 0.250. The molecular formula is C16H19N3OS. The van der Waals surface area contributed by atoms with Crippen molar-refractivity contribution in [2.75, 3.05) is 7.11 Å². The van der Waals surface area contributed by atoms with Crippen LogP contribution in [0.4, 0.5) is 0 Å². The predicted octanol–water partition coefficient (Wildman–Crippen LogP) is 3.90. The van der Waals surface area contributed by atoms with Crippen molar-refractivity contribution in [3.05, 3.63) is 53.6 Å². The molecule has 2 N–H and O–H groups in total. The smallest absolute Gasteiger partial charge is 0.130 e. The number of aromatic nitrogens is 2. The molecule has 21 heavy (non-hydrogen) atoms. The summed E-state index contributed by atoms with van der Waals surface area (Å²) < 4.78 is 5.12. The average molecular weight is 301 g/mol. The van der Waals surface area contributed by atoms with E-state index in [9.17, 15) is 0 Å². The molecule has 0 amide bonds. The molecule has 0 aliphatic rings. The van der Waals surface area contributed by atoms with Crippen LogP contribution in [-0.2, 0) is 12.2 Å². The van der Waals surface area contributed by atoms with Crippen LogP contribution < -0.4 is 4.74 Å². The maximum Gasteiger partial charge on any atom is 0.130 e. The van der Waals surface area contributed by atoms with Gasteiger partial charge in [-0.25, -0.2) is 4.98 Å². The summed E-state index contributed by atoms with van der Waals surface area (Å²) in [7, 11) is 1.66. The van der Waals surface area contributed by atoms with E-state index in [1.54, 1.807) is 13.2 Å². The highest BCUT2D eigenvalue weighted by atomic mass is 32.2. The third-order valence-electron chi connectivity index (χ3n) is 2.96. The van der Waals surface area contributed by atoms with E-state index in [1.807, 2.05) is 36.5 Å². The molecular weight excluding hydrogens is 282 g/mol. The fourth-order valence-corrected chi connectivity index (χ4v) is 2.41. The number of aromatic amines is 1. The van der Waals surface area contributed by atoms with Gasteiger partial charge >= 0.3 is 0 Å². The highest BCUT2D eigenvalue weighted by molar-refractivity contribution is 8.13. The lowest BCUT2D eigenvalue weighted by Gasteiger charge is -2.02. The van der Waals surface area contributed by atoms with Crippen LogP contribution in [0.3, 0.4) is 0 Å². The van der Waals surface area contributed by atoms with Gasteiger partial charge in [-0.2, -0.15) is 0 Å². The van der Waals surface area contributed by atoms with Crippen molar-refractivity contribution in [3.63, 3.8) is 0 Å². The zero-order valence-electron chi connectivity index (χ0n) is 12.2. The number of thioether (sulfide) groups is 1. The van der Waals surface area contributed by atoms with Crippen LogP contribution >= 0.6 is 11.8 Å². The second-order valence-electron chi connectivity index (χ2n) is 4.46. The van der Waals surface area contributed by atoms with Gasteiger partial charge < -0.3 is 9.72 Å². The molecule has 0 spiro atoms. The van der Waals surface area contributed by atoms with Gasteiger partial charge in [-0.1, -0.05) is 19.1 Å². The monoisotopic (exact) mass is 301 g/mol. The minimum Gasteiger partial charge on any atom is -0.497 e. The molecule has 4 nitrogen and oxygen atoms in total. The van der Waals surface area contributed by atoms with E-state index in [-0.39, 0.29) is 0 Å². The molecule has 0 unspecified atom stereocenters. The number of ether oxygens (including phenoxy) is 1. The molecule has 0 saturated carbocycles. The molecule has 0 saturated heterocycles. The third kappa shape index (κ3) is 4.79. The second-order valence-corrected chi connectivity index (χ2v) is 5.48. The Bertz CT molecular complexity index is 617. The molecule has 5 heteroatoms. The largest absolute Gasteiger partial charge is 0.497 e. The van der Waals surface area contributed by atoms with E-state index in [2.05, 4.69) is 16.9 Å². The van der Waals surface area contributed by atoms with E-state index in [4.69, 9.17) is 10.1 Å². The third-order valence-corrected chi connectivity index (χ3v) is 3.88. The van der Waals surface area contributed by atoms with E-state index in [0.717, 1.165) is 29.4 Å². The van der Waals surface area contributed by atoms with E-state index in [0.29, 0.717) is 5.04 Å². The zero-order valence-corrected chi connectivity index (χ0v) is 13.0. The Kier molecular flexibility index (Phi) is 5.63. The Morgan fingerprint density at radius 3 is 2.76 bits per heavy atom. The first-order chi connectivity index (χ1) is 10.2. The summed E-state index contributed by atoms with van der Waals surface area (Å²) in [4.78, 5) is 7.46. The van der Waals surface area contributed by atoms with Crippen LogP contribution in [0.1, 0.15) is 24.0 Å². The van der Waals surface area contributed by atoms with Crippen molar-refractivity contribution < 1.29 is 4.74 Å².